The maximum atomic E-state index is 15.2. The zero-order valence-corrected chi connectivity index (χ0v) is 48.5. The number of ether oxygens (including phenoxy) is 1. The van der Waals surface area contributed by atoms with Crippen molar-refractivity contribution in [3.63, 3.8) is 0 Å². The molecule has 0 aromatic heterocycles. The molecule has 77 heavy (non-hydrogen) atoms. The Morgan fingerprint density at radius 2 is 1.01 bits per heavy atom. The molecule has 2 aromatic carbocycles. The summed E-state index contributed by atoms with van der Waals surface area (Å²) in [7, 11) is 4.41. The summed E-state index contributed by atoms with van der Waals surface area (Å²) in [6.45, 7) is 21.7. The van der Waals surface area contributed by atoms with Crippen molar-refractivity contribution in [3.05, 3.63) is 71.8 Å². The van der Waals surface area contributed by atoms with E-state index in [4.69, 9.17) is 4.74 Å². The topological polar surface area (TPSA) is 224 Å². The van der Waals surface area contributed by atoms with Gasteiger partial charge in [-0.3, -0.25) is 38.4 Å². The Hall–Kier alpha value is -6.33. The molecule has 0 bridgehead atoms. The second kappa shape index (κ2) is 28.9. The number of likely N-dealkylation sites (N-methyl/N-ethyl adjacent to an activating group) is 3. The second-order valence-corrected chi connectivity index (χ2v) is 22.9. The molecule has 2 aliphatic rings. The van der Waals surface area contributed by atoms with Gasteiger partial charge in [0, 0.05) is 46.4 Å². The first-order chi connectivity index (χ1) is 36.2. The number of esters is 1. The number of benzene rings is 2. The van der Waals surface area contributed by atoms with E-state index in [9.17, 15) is 33.6 Å². The molecule has 11 atom stereocenters. The van der Waals surface area contributed by atoms with E-state index in [1.807, 2.05) is 88.4 Å². The van der Waals surface area contributed by atoms with Gasteiger partial charge in [-0.15, -0.1) is 0 Å². The van der Waals surface area contributed by atoms with E-state index >= 15 is 9.59 Å². The normalized spacial score (nSPS) is 26.6. The molecule has 2 aliphatic heterocycles. The van der Waals surface area contributed by atoms with Crippen molar-refractivity contribution in [2.75, 3.05) is 27.7 Å². The average Bonchev–Trinajstić information content (AvgIpc) is 3.89. The third-order valence-electron chi connectivity index (χ3n) is 15.4. The Morgan fingerprint density at radius 3 is 1.53 bits per heavy atom. The zero-order chi connectivity index (χ0) is 57.6. The maximum Gasteiger partial charge on any atom is 0.329 e. The molecular weight excluding hydrogens is 981 g/mol. The number of cyclic esters (lactones) is 1. The van der Waals surface area contributed by atoms with Crippen molar-refractivity contribution < 1.29 is 47.9 Å². The maximum absolute atomic E-state index is 15.2. The number of fused-ring (bicyclic) bond motifs is 1. The molecule has 0 aliphatic carbocycles. The fourth-order valence-corrected chi connectivity index (χ4v) is 10.5. The van der Waals surface area contributed by atoms with Gasteiger partial charge in [-0.2, -0.15) is 0 Å². The van der Waals surface area contributed by atoms with Crippen molar-refractivity contribution in [2.45, 2.75) is 182 Å². The van der Waals surface area contributed by atoms with Crippen LogP contribution in [0.1, 0.15) is 126 Å². The van der Waals surface area contributed by atoms with Gasteiger partial charge in [0.1, 0.15) is 48.3 Å². The van der Waals surface area contributed by atoms with Crippen LogP contribution in [0.4, 0.5) is 0 Å². The number of nitrogens with one attached hydrogen (secondary N) is 4. The number of amides is 8. The lowest BCUT2D eigenvalue weighted by atomic mass is 9.95. The van der Waals surface area contributed by atoms with Crippen LogP contribution in [-0.2, 0) is 60.7 Å². The monoisotopic (exact) mass is 1070 g/mol. The van der Waals surface area contributed by atoms with Gasteiger partial charge in [0.2, 0.25) is 41.4 Å². The number of carbonyl (C=O) groups is 9. The van der Waals surface area contributed by atoms with E-state index < -0.39 is 137 Å². The summed E-state index contributed by atoms with van der Waals surface area (Å²) >= 11 is 0. The predicted molar refractivity (Wildman–Crippen MR) is 295 cm³/mol. The first-order valence-electron chi connectivity index (χ1n) is 27.9. The van der Waals surface area contributed by atoms with Crippen molar-refractivity contribution in [2.24, 2.45) is 35.5 Å². The molecular formula is C59H90N8O10. The third-order valence-corrected chi connectivity index (χ3v) is 15.4. The van der Waals surface area contributed by atoms with Gasteiger partial charge in [-0.1, -0.05) is 150 Å². The van der Waals surface area contributed by atoms with Crippen molar-refractivity contribution in [1.82, 2.24) is 40.9 Å². The highest BCUT2D eigenvalue weighted by Crippen LogP contribution is 2.26. The van der Waals surface area contributed by atoms with Crippen LogP contribution in [-0.4, -0.2) is 155 Å². The second-order valence-electron chi connectivity index (χ2n) is 22.9. The van der Waals surface area contributed by atoms with Crippen LogP contribution < -0.4 is 21.3 Å². The predicted octanol–water partition coefficient (Wildman–Crippen LogP) is 4.91. The van der Waals surface area contributed by atoms with E-state index in [0.717, 1.165) is 5.56 Å². The molecule has 2 fully saturated rings. The lowest BCUT2D eigenvalue weighted by Crippen LogP contribution is -2.62. The van der Waals surface area contributed by atoms with Gasteiger partial charge >= 0.3 is 5.97 Å². The molecule has 4 rings (SSSR count). The number of rotatable bonds is 13. The highest BCUT2D eigenvalue weighted by molar-refractivity contribution is 5.99. The minimum Gasteiger partial charge on any atom is -0.450 e. The van der Waals surface area contributed by atoms with Crippen molar-refractivity contribution in [3.8, 4) is 0 Å². The van der Waals surface area contributed by atoms with E-state index in [-0.39, 0.29) is 38.1 Å². The fraction of sp³-hybridized carbons (Fsp3) is 0.644. The molecule has 0 spiro atoms. The van der Waals surface area contributed by atoms with Crippen molar-refractivity contribution >= 4 is 53.2 Å². The van der Waals surface area contributed by atoms with E-state index in [1.54, 1.807) is 55.4 Å². The zero-order valence-electron chi connectivity index (χ0n) is 48.5. The average molecular weight is 1070 g/mol. The van der Waals surface area contributed by atoms with Gasteiger partial charge in [0.05, 0.1) is 0 Å². The van der Waals surface area contributed by atoms with Crippen LogP contribution in [0.15, 0.2) is 60.7 Å². The first-order valence-corrected chi connectivity index (χ1v) is 27.9. The van der Waals surface area contributed by atoms with Gasteiger partial charge in [-0.25, -0.2) is 4.79 Å². The number of hydrogen-bond acceptors (Lipinski definition) is 10. The molecule has 4 N–H and O–H groups in total. The minimum atomic E-state index is -1.40. The Kier molecular flexibility index (Phi) is 23.7. The van der Waals surface area contributed by atoms with Gasteiger partial charge < -0.3 is 45.6 Å². The van der Waals surface area contributed by atoms with Crippen LogP contribution in [0.5, 0.6) is 0 Å². The standard InChI is InChI=1S/C59H90N8O10/c1-16-38(11)47-53(70)62-46(35(5)6)52(69)60-42(31-34(3)4)56(73)66(15)49(37(9)10)59(76)77-50(39(12)17-2)58(75)65(14)48(36(7)8)54(71)61-43(32-40-25-20-18-21-26-40)55(72)64(13)45(33-41-27-22-19-23-28-41)57(74)67-30-24-29-44(67)51(68)63-47/h18-23,25-28,34-39,42-50H,16-17,24,29-33H2,1-15H3,(H,60,69)(H,61,71)(H,62,70)(H,63,68)/t38-,39-,42-,43-,44-,45-,46-,47-,48-,49-,50+/m0/s1. The molecule has 2 heterocycles. The smallest absolute Gasteiger partial charge is 0.329 e. The molecule has 18 nitrogen and oxygen atoms in total. The highest BCUT2D eigenvalue weighted by atomic mass is 16.6. The molecule has 426 valence electrons. The summed E-state index contributed by atoms with van der Waals surface area (Å²) in [5.74, 6) is -8.35. The summed E-state index contributed by atoms with van der Waals surface area (Å²) in [6, 6.07) is 8.99. The van der Waals surface area contributed by atoms with Crippen molar-refractivity contribution in [1.29, 1.82) is 0 Å². The number of hydrogen-bond donors (Lipinski definition) is 4. The molecule has 2 aromatic rings. The number of nitrogens with zero attached hydrogens (tertiary/aromatic N) is 4. The van der Waals surface area contributed by atoms with Crippen LogP contribution in [0.3, 0.4) is 0 Å². The molecule has 2 saturated heterocycles. The van der Waals surface area contributed by atoms with Crippen LogP contribution in [0.2, 0.25) is 0 Å². The first kappa shape index (κ1) is 63.2. The summed E-state index contributed by atoms with van der Waals surface area (Å²) in [5.41, 5.74) is 1.45. The number of carbonyl (C=O) groups excluding carboxylic acids is 9. The Balaban J connectivity index is 1.94. The lowest BCUT2D eigenvalue weighted by molar-refractivity contribution is -0.172. The third kappa shape index (κ3) is 16.4. The van der Waals surface area contributed by atoms with Crippen LogP contribution in [0.25, 0.3) is 0 Å². The van der Waals surface area contributed by atoms with E-state index in [1.165, 1.54) is 40.7 Å². The molecule has 0 saturated carbocycles. The Bertz CT molecular complexity index is 2350. The quantitative estimate of drug-likeness (QED) is 0.198. The van der Waals surface area contributed by atoms with E-state index in [0.29, 0.717) is 24.8 Å². The molecule has 0 radical (unpaired) electrons. The van der Waals surface area contributed by atoms with Gasteiger partial charge in [-0.05, 0) is 66.4 Å². The SMILES string of the molecule is CC[C@H](C)[C@@H]1NC(=O)[C@@H]2CCCN2C(=O)[C@H](Cc2ccccc2)N(C)C(=O)[C@H](Cc2ccccc2)NC(=O)[C@H](C(C)C)N(C)C(=O)[C@@H]([C@@H](C)CC)OC(=O)[C@H](C(C)C)N(C)C(=O)[C@H](CC(C)C)NC(=O)[C@H](C(C)C)NC1=O. The molecule has 0 unspecified atom stereocenters. The Labute approximate surface area is 457 Å². The Morgan fingerprint density at radius 1 is 0.519 bits per heavy atom. The van der Waals surface area contributed by atoms with Gasteiger partial charge in [0.15, 0.2) is 6.10 Å². The molecule has 18 heteroatoms. The summed E-state index contributed by atoms with van der Waals surface area (Å²) in [4.78, 5) is 138. The van der Waals surface area contributed by atoms with Crippen LogP contribution in [0, 0.1) is 35.5 Å². The van der Waals surface area contributed by atoms with Gasteiger partial charge in [0.25, 0.3) is 5.91 Å². The fourth-order valence-electron chi connectivity index (χ4n) is 10.5. The largest absolute Gasteiger partial charge is 0.450 e. The lowest BCUT2D eigenvalue weighted by Gasteiger charge is -2.38. The van der Waals surface area contributed by atoms with E-state index in [2.05, 4.69) is 21.3 Å². The summed E-state index contributed by atoms with van der Waals surface area (Å²) in [6.07, 6.45) is 0.468. The molecule has 8 amide bonds. The summed E-state index contributed by atoms with van der Waals surface area (Å²) in [5, 5.41) is 11.7. The summed E-state index contributed by atoms with van der Waals surface area (Å²) < 4.78 is 6.17. The van der Waals surface area contributed by atoms with Crippen LogP contribution >= 0.6 is 0 Å². The minimum absolute atomic E-state index is 0.0189. The highest BCUT2D eigenvalue weighted by Gasteiger charge is 2.45.